The molecule has 170 valence electrons. The number of carbonyl (C=O) groups excluding carboxylic acids is 1. The normalized spacial score (nSPS) is 14.8. The number of nitrogens with one attached hydrogen (secondary N) is 1. The van der Waals surface area contributed by atoms with Gasteiger partial charge in [0.1, 0.15) is 0 Å². The number of rotatable bonds is 11. The molecule has 1 aliphatic rings. The van der Waals surface area contributed by atoms with Gasteiger partial charge in [0.2, 0.25) is 0 Å². The maximum absolute atomic E-state index is 11.7. The number of hydrogen-bond acceptors (Lipinski definition) is 5. The van der Waals surface area contributed by atoms with Gasteiger partial charge in [0.25, 0.3) is 0 Å². The molecule has 1 heterocycles. The van der Waals surface area contributed by atoms with Crippen molar-refractivity contribution < 1.29 is 19.0 Å². The fraction of sp³-hybridized carbons (Fsp3) is 0.619. The Hall–Kier alpha value is -1.59. The Kier molecular flexibility index (Phi) is 14.2. The van der Waals surface area contributed by atoms with Crippen molar-refractivity contribution in [3.63, 3.8) is 0 Å². The summed E-state index contributed by atoms with van der Waals surface area (Å²) in [6.07, 6.45) is 2.24. The first kappa shape index (κ1) is 26.4. The molecule has 0 atom stereocenters. The Morgan fingerprint density at radius 3 is 2.57 bits per heavy atom. The molecule has 0 spiro atoms. The summed E-state index contributed by atoms with van der Waals surface area (Å²) < 4.78 is 16.1. The van der Waals surface area contributed by atoms with Gasteiger partial charge in [0.05, 0.1) is 26.4 Å². The molecule has 0 aliphatic carbocycles. The van der Waals surface area contributed by atoms with E-state index in [0.717, 1.165) is 24.8 Å². The van der Waals surface area contributed by atoms with Crippen LogP contribution in [0.4, 0.5) is 4.79 Å². The van der Waals surface area contributed by atoms with Crippen LogP contribution in [0, 0.1) is 0 Å². The number of piperidine rings is 1. The fourth-order valence-corrected chi connectivity index (χ4v) is 3.03. The maximum atomic E-state index is 11.7. The zero-order valence-electron chi connectivity index (χ0n) is 17.8. The molecule has 1 aromatic rings. The third kappa shape index (κ3) is 11.0. The molecule has 30 heavy (non-hydrogen) atoms. The number of halogens is 1. The predicted octanol–water partition coefficient (Wildman–Crippen LogP) is 2.75. The molecule has 8 nitrogen and oxygen atoms in total. The van der Waals surface area contributed by atoms with Crippen LogP contribution in [0.2, 0.25) is 0 Å². The summed E-state index contributed by atoms with van der Waals surface area (Å²) in [7, 11) is 0. The highest BCUT2D eigenvalue weighted by molar-refractivity contribution is 14.0. The quantitative estimate of drug-likeness (QED) is 0.196. The Morgan fingerprint density at radius 1 is 1.17 bits per heavy atom. The number of nitrogens with zero attached hydrogens (tertiary/aromatic N) is 2. The zero-order valence-corrected chi connectivity index (χ0v) is 20.1. The van der Waals surface area contributed by atoms with E-state index in [1.165, 1.54) is 0 Å². The predicted molar refractivity (Wildman–Crippen MR) is 128 cm³/mol. The van der Waals surface area contributed by atoms with Gasteiger partial charge in [-0.15, -0.1) is 24.0 Å². The van der Waals surface area contributed by atoms with Gasteiger partial charge in [-0.05, 0) is 31.7 Å². The van der Waals surface area contributed by atoms with E-state index in [1.54, 1.807) is 4.90 Å². The SMILES string of the molecule is CCOC(=O)N1CCC(NC(N)=NCCCOCCOCc2ccccc2)CC1.I. The summed E-state index contributed by atoms with van der Waals surface area (Å²) >= 11 is 0. The van der Waals surface area contributed by atoms with E-state index in [1.807, 2.05) is 37.3 Å². The first-order chi connectivity index (χ1) is 14.2. The summed E-state index contributed by atoms with van der Waals surface area (Å²) in [6.45, 7) is 6.56. The summed E-state index contributed by atoms with van der Waals surface area (Å²) in [6, 6.07) is 10.3. The smallest absolute Gasteiger partial charge is 0.409 e. The van der Waals surface area contributed by atoms with Crippen molar-refractivity contribution in [1.29, 1.82) is 0 Å². The average Bonchev–Trinajstić information content (AvgIpc) is 2.74. The molecule has 0 saturated carbocycles. The van der Waals surface area contributed by atoms with E-state index in [9.17, 15) is 4.79 Å². The molecule has 1 aromatic carbocycles. The van der Waals surface area contributed by atoms with E-state index in [0.29, 0.717) is 58.6 Å². The molecule has 1 aliphatic heterocycles. The van der Waals surface area contributed by atoms with Crippen LogP contribution >= 0.6 is 24.0 Å². The lowest BCUT2D eigenvalue weighted by molar-refractivity contribution is 0.0403. The van der Waals surface area contributed by atoms with E-state index in [2.05, 4.69) is 10.3 Å². The number of aliphatic imine (C=N–C) groups is 1. The number of benzene rings is 1. The van der Waals surface area contributed by atoms with Crippen LogP contribution < -0.4 is 11.1 Å². The van der Waals surface area contributed by atoms with Crippen molar-refractivity contribution in [2.45, 2.75) is 38.8 Å². The first-order valence-electron chi connectivity index (χ1n) is 10.4. The summed E-state index contributed by atoms with van der Waals surface area (Å²) in [5.74, 6) is 0.450. The molecule has 2 rings (SSSR count). The van der Waals surface area contributed by atoms with Crippen LogP contribution in [0.3, 0.4) is 0 Å². The Labute approximate surface area is 196 Å². The van der Waals surface area contributed by atoms with Gasteiger partial charge in [-0.25, -0.2) is 4.79 Å². The first-order valence-corrected chi connectivity index (χ1v) is 10.4. The molecule has 1 fully saturated rings. The van der Waals surface area contributed by atoms with Crippen molar-refractivity contribution in [1.82, 2.24) is 10.2 Å². The summed E-state index contributed by atoms with van der Waals surface area (Å²) in [5, 5.41) is 3.23. The number of likely N-dealkylation sites (tertiary alicyclic amines) is 1. The minimum absolute atomic E-state index is 0. The van der Waals surface area contributed by atoms with Gasteiger partial charge in [-0.1, -0.05) is 30.3 Å². The second-order valence-corrected chi connectivity index (χ2v) is 6.88. The highest BCUT2D eigenvalue weighted by Gasteiger charge is 2.23. The molecule has 0 radical (unpaired) electrons. The maximum Gasteiger partial charge on any atom is 0.409 e. The number of hydrogen-bond donors (Lipinski definition) is 2. The molecule has 9 heteroatoms. The minimum atomic E-state index is -0.238. The highest BCUT2D eigenvalue weighted by atomic mass is 127. The molecule has 1 saturated heterocycles. The Morgan fingerprint density at radius 2 is 1.87 bits per heavy atom. The van der Waals surface area contributed by atoms with Crippen LogP contribution in [0.1, 0.15) is 31.7 Å². The molecule has 0 unspecified atom stereocenters. The molecular weight excluding hydrogens is 499 g/mol. The fourth-order valence-electron chi connectivity index (χ4n) is 3.03. The largest absolute Gasteiger partial charge is 0.450 e. The van der Waals surface area contributed by atoms with Crippen LogP contribution in [0.15, 0.2) is 35.3 Å². The number of ether oxygens (including phenoxy) is 3. The van der Waals surface area contributed by atoms with Crippen LogP contribution in [-0.4, -0.2) is 69.1 Å². The molecular formula is C21H35IN4O4. The lowest BCUT2D eigenvalue weighted by Gasteiger charge is -2.31. The number of amides is 1. The van der Waals surface area contributed by atoms with Gasteiger partial charge in [0, 0.05) is 32.3 Å². The van der Waals surface area contributed by atoms with Crippen LogP contribution in [0.25, 0.3) is 0 Å². The van der Waals surface area contributed by atoms with E-state index < -0.39 is 0 Å². The van der Waals surface area contributed by atoms with E-state index >= 15 is 0 Å². The molecule has 1 amide bonds. The lowest BCUT2D eigenvalue weighted by atomic mass is 10.1. The number of guanidine groups is 1. The molecule has 0 bridgehead atoms. The van der Waals surface area contributed by atoms with Crippen LogP contribution in [0.5, 0.6) is 0 Å². The van der Waals surface area contributed by atoms with Crippen molar-refractivity contribution in [3.05, 3.63) is 35.9 Å². The van der Waals surface area contributed by atoms with Crippen molar-refractivity contribution in [2.75, 3.05) is 46.1 Å². The Bertz CT molecular complexity index is 610. The standard InChI is InChI=1S/C21H34N4O4.HI/c1-2-29-21(26)25-12-9-19(10-13-25)24-20(22)23-11-6-14-27-15-16-28-17-18-7-4-3-5-8-18;/h3-5,7-8,19H,2,6,9-17H2,1H3,(H3,22,23,24);1H. The van der Waals surface area contributed by atoms with E-state index in [-0.39, 0.29) is 36.1 Å². The topological polar surface area (TPSA) is 98.4 Å². The minimum Gasteiger partial charge on any atom is -0.450 e. The van der Waals surface area contributed by atoms with Crippen molar-refractivity contribution in [3.8, 4) is 0 Å². The average molecular weight is 534 g/mol. The van der Waals surface area contributed by atoms with Gasteiger partial charge in [0.15, 0.2) is 5.96 Å². The molecule has 3 N–H and O–H groups in total. The Balaban J connectivity index is 0.00000450. The lowest BCUT2D eigenvalue weighted by Crippen LogP contribution is -2.48. The number of nitrogens with two attached hydrogens (primary N) is 1. The number of carbonyl (C=O) groups is 1. The second kappa shape index (κ2) is 16.1. The van der Waals surface area contributed by atoms with Crippen molar-refractivity contribution in [2.24, 2.45) is 10.7 Å². The zero-order chi connectivity index (χ0) is 20.7. The van der Waals surface area contributed by atoms with E-state index in [4.69, 9.17) is 19.9 Å². The van der Waals surface area contributed by atoms with Gasteiger partial charge >= 0.3 is 6.09 Å². The van der Waals surface area contributed by atoms with Crippen LogP contribution in [-0.2, 0) is 20.8 Å². The summed E-state index contributed by atoms with van der Waals surface area (Å²) in [4.78, 5) is 17.8. The highest BCUT2D eigenvalue weighted by Crippen LogP contribution is 2.11. The van der Waals surface area contributed by atoms with Crippen molar-refractivity contribution >= 4 is 36.0 Å². The second-order valence-electron chi connectivity index (χ2n) is 6.88. The monoisotopic (exact) mass is 534 g/mol. The van der Waals surface area contributed by atoms with Gasteiger partial charge < -0.3 is 30.2 Å². The molecule has 0 aromatic heterocycles. The summed E-state index contributed by atoms with van der Waals surface area (Å²) in [5.41, 5.74) is 7.12. The third-order valence-corrected chi connectivity index (χ3v) is 4.59. The third-order valence-electron chi connectivity index (χ3n) is 4.59. The van der Waals surface area contributed by atoms with Gasteiger partial charge in [-0.3, -0.25) is 4.99 Å². The van der Waals surface area contributed by atoms with Gasteiger partial charge in [-0.2, -0.15) is 0 Å².